The molecule has 0 spiro atoms. The highest BCUT2D eigenvalue weighted by molar-refractivity contribution is 7.90. The number of rotatable bonds is 5. The van der Waals surface area contributed by atoms with Gasteiger partial charge in [0.15, 0.2) is 9.84 Å². The Morgan fingerprint density at radius 2 is 2.00 bits per heavy atom. The van der Waals surface area contributed by atoms with E-state index in [1.165, 1.54) is 12.8 Å². The van der Waals surface area contributed by atoms with Crippen LogP contribution < -0.4 is 5.56 Å². The normalized spacial score (nSPS) is 14.8. The van der Waals surface area contributed by atoms with Gasteiger partial charge in [0.1, 0.15) is 0 Å². The SMILES string of the molecule is CCS(=O)(=O)Cc1cc(-c2cc(C)c(=O)n(C)c2)c2sc(C3CC3)nc2c1. The van der Waals surface area contributed by atoms with Crippen LogP contribution in [0.3, 0.4) is 0 Å². The monoisotopic (exact) mass is 402 g/mol. The van der Waals surface area contributed by atoms with Crippen molar-refractivity contribution < 1.29 is 8.42 Å². The van der Waals surface area contributed by atoms with Crippen LogP contribution in [0.25, 0.3) is 21.3 Å². The Labute approximate surface area is 162 Å². The molecule has 0 radical (unpaired) electrons. The van der Waals surface area contributed by atoms with Crippen LogP contribution in [0, 0.1) is 6.92 Å². The van der Waals surface area contributed by atoms with Gasteiger partial charge >= 0.3 is 0 Å². The number of nitrogens with zero attached hydrogens (tertiary/aromatic N) is 2. The molecule has 142 valence electrons. The van der Waals surface area contributed by atoms with Gasteiger partial charge in [-0.3, -0.25) is 4.79 Å². The Kier molecular flexibility index (Phi) is 4.47. The second kappa shape index (κ2) is 6.56. The van der Waals surface area contributed by atoms with Crippen molar-refractivity contribution in [1.29, 1.82) is 0 Å². The fourth-order valence-corrected chi connectivity index (χ4v) is 5.42. The molecule has 0 unspecified atom stereocenters. The highest BCUT2D eigenvalue weighted by atomic mass is 32.2. The summed E-state index contributed by atoms with van der Waals surface area (Å²) in [5, 5.41) is 1.13. The van der Waals surface area contributed by atoms with Gasteiger partial charge in [-0.25, -0.2) is 13.4 Å². The fraction of sp³-hybridized carbons (Fsp3) is 0.400. The third-order valence-electron chi connectivity index (χ3n) is 4.99. The first-order valence-electron chi connectivity index (χ1n) is 9.09. The smallest absolute Gasteiger partial charge is 0.253 e. The van der Waals surface area contributed by atoms with E-state index in [0.717, 1.165) is 31.9 Å². The molecule has 0 saturated heterocycles. The molecule has 0 amide bonds. The van der Waals surface area contributed by atoms with Gasteiger partial charge < -0.3 is 4.57 Å². The van der Waals surface area contributed by atoms with E-state index in [9.17, 15) is 13.2 Å². The number of pyridine rings is 1. The Bertz CT molecular complexity index is 1180. The largest absolute Gasteiger partial charge is 0.318 e. The van der Waals surface area contributed by atoms with Crippen molar-refractivity contribution in [2.75, 3.05) is 5.75 Å². The maximum absolute atomic E-state index is 12.2. The first kappa shape index (κ1) is 18.4. The Hall–Kier alpha value is -1.99. The van der Waals surface area contributed by atoms with Crippen LogP contribution in [0.15, 0.2) is 29.2 Å². The van der Waals surface area contributed by atoms with E-state index in [4.69, 9.17) is 4.98 Å². The molecule has 1 aliphatic rings. The van der Waals surface area contributed by atoms with Crippen LogP contribution in [0.2, 0.25) is 0 Å². The minimum Gasteiger partial charge on any atom is -0.318 e. The van der Waals surface area contributed by atoms with Gasteiger partial charge in [0.05, 0.1) is 21.0 Å². The summed E-state index contributed by atoms with van der Waals surface area (Å²) in [5.74, 6) is 0.664. The van der Waals surface area contributed by atoms with E-state index in [1.807, 2.05) is 24.4 Å². The molecule has 0 aliphatic heterocycles. The maximum Gasteiger partial charge on any atom is 0.253 e. The van der Waals surface area contributed by atoms with Crippen molar-refractivity contribution in [2.45, 2.75) is 38.4 Å². The zero-order valence-electron chi connectivity index (χ0n) is 15.7. The molecule has 4 rings (SSSR count). The Morgan fingerprint density at radius 3 is 2.63 bits per heavy atom. The molecule has 0 atom stereocenters. The minimum absolute atomic E-state index is 0.00742. The number of benzene rings is 1. The van der Waals surface area contributed by atoms with E-state index in [2.05, 4.69) is 0 Å². The number of hydrogen-bond donors (Lipinski definition) is 0. The van der Waals surface area contributed by atoms with Gasteiger partial charge in [0, 0.05) is 36.0 Å². The zero-order valence-corrected chi connectivity index (χ0v) is 17.3. The lowest BCUT2D eigenvalue weighted by molar-refractivity contribution is 0.596. The van der Waals surface area contributed by atoms with Crippen molar-refractivity contribution in [3.05, 3.63) is 50.9 Å². The second-order valence-electron chi connectivity index (χ2n) is 7.32. The maximum atomic E-state index is 12.2. The quantitative estimate of drug-likeness (QED) is 0.651. The molecule has 2 aromatic heterocycles. The van der Waals surface area contributed by atoms with Gasteiger partial charge in [-0.05, 0) is 49.1 Å². The molecule has 1 saturated carbocycles. The molecule has 3 aromatic rings. The van der Waals surface area contributed by atoms with E-state index in [0.29, 0.717) is 11.5 Å². The number of sulfone groups is 1. The third-order valence-corrected chi connectivity index (χ3v) is 7.91. The molecule has 2 heterocycles. The van der Waals surface area contributed by atoms with Crippen LogP contribution in [-0.4, -0.2) is 23.7 Å². The summed E-state index contributed by atoms with van der Waals surface area (Å²) in [6.45, 7) is 3.47. The zero-order chi connectivity index (χ0) is 19.3. The molecule has 27 heavy (non-hydrogen) atoms. The van der Waals surface area contributed by atoms with Crippen molar-refractivity contribution in [1.82, 2.24) is 9.55 Å². The number of fused-ring (bicyclic) bond motifs is 1. The van der Waals surface area contributed by atoms with Gasteiger partial charge in [-0.15, -0.1) is 11.3 Å². The Morgan fingerprint density at radius 1 is 1.26 bits per heavy atom. The predicted molar refractivity (Wildman–Crippen MR) is 110 cm³/mol. The summed E-state index contributed by atoms with van der Waals surface area (Å²) in [5.41, 5.74) is 4.12. The molecule has 0 N–H and O–H groups in total. The van der Waals surface area contributed by atoms with Crippen LogP contribution in [0.1, 0.15) is 41.8 Å². The summed E-state index contributed by atoms with van der Waals surface area (Å²) in [6.07, 6.45) is 4.16. The standard InChI is InChI=1S/C20H22N2O3S2/c1-4-27(24,25)11-13-8-16(15-7-12(2)20(23)22(3)10-15)18-17(9-13)21-19(26-18)14-5-6-14/h7-10,14H,4-6,11H2,1-3H3. The highest BCUT2D eigenvalue weighted by Crippen LogP contribution is 2.45. The van der Waals surface area contributed by atoms with Crippen molar-refractivity contribution >= 4 is 31.4 Å². The minimum atomic E-state index is -3.14. The first-order valence-corrected chi connectivity index (χ1v) is 11.7. The highest BCUT2D eigenvalue weighted by Gasteiger charge is 2.28. The molecular weight excluding hydrogens is 380 g/mol. The number of thiazole rings is 1. The molecular formula is C20H22N2O3S2. The number of hydrogen-bond acceptors (Lipinski definition) is 5. The van der Waals surface area contributed by atoms with E-state index in [1.54, 1.807) is 36.8 Å². The molecule has 0 bridgehead atoms. The summed E-state index contributed by atoms with van der Waals surface area (Å²) < 4.78 is 27.0. The number of aromatic nitrogens is 2. The lowest BCUT2D eigenvalue weighted by Gasteiger charge is -2.10. The lowest BCUT2D eigenvalue weighted by atomic mass is 10.0. The molecule has 1 fully saturated rings. The number of aryl methyl sites for hydroxylation is 2. The second-order valence-corrected chi connectivity index (χ2v) is 10.7. The van der Waals surface area contributed by atoms with Crippen molar-refractivity contribution in [3.63, 3.8) is 0 Å². The fourth-order valence-electron chi connectivity index (χ4n) is 3.29. The van der Waals surface area contributed by atoms with Gasteiger partial charge in [0.25, 0.3) is 5.56 Å². The summed E-state index contributed by atoms with van der Waals surface area (Å²) in [6, 6.07) is 5.73. The van der Waals surface area contributed by atoms with Crippen LogP contribution in [0.5, 0.6) is 0 Å². The molecule has 5 nitrogen and oxygen atoms in total. The summed E-state index contributed by atoms with van der Waals surface area (Å²) in [7, 11) is -1.40. The van der Waals surface area contributed by atoms with E-state index in [-0.39, 0.29) is 17.1 Å². The van der Waals surface area contributed by atoms with Gasteiger partial charge in [-0.2, -0.15) is 0 Å². The lowest BCUT2D eigenvalue weighted by Crippen LogP contribution is -2.18. The molecule has 1 aliphatic carbocycles. The molecule has 7 heteroatoms. The van der Waals surface area contributed by atoms with Crippen LogP contribution in [0.4, 0.5) is 0 Å². The molecule has 1 aromatic carbocycles. The summed E-state index contributed by atoms with van der Waals surface area (Å²) >= 11 is 1.69. The average Bonchev–Trinajstić information content (AvgIpc) is 3.38. The topological polar surface area (TPSA) is 69.0 Å². The predicted octanol–water partition coefficient (Wildman–Crippen LogP) is 3.78. The average molecular weight is 403 g/mol. The van der Waals surface area contributed by atoms with E-state index < -0.39 is 9.84 Å². The Balaban J connectivity index is 1.94. The van der Waals surface area contributed by atoms with Crippen LogP contribution >= 0.6 is 11.3 Å². The third kappa shape index (κ3) is 3.58. The van der Waals surface area contributed by atoms with Gasteiger partial charge in [-0.1, -0.05) is 6.92 Å². The van der Waals surface area contributed by atoms with Crippen molar-refractivity contribution in [2.24, 2.45) is 7.05 Å². The van der Waals surface area contributed by atoms with Crippen LogP contribution in [-0.2, 0) is 22.6 Å². The summed E-state index contributed by atoms with van der Waals surface area (Å²) in [4.78, 5) is 16.9. The van der Waals surface area contributed by atoms with Gasteiger partial charge in [0.2, 0.25) is 0 Å². The first-order chi connectivity index (χ1) is 12.8. The van der Waals surface area contributed by atoms with E-state index >= 15 is 0 Å². The van der Waals surface area contributed by atoms with Crippen molar-refractivity contribution in [3.8, 4) is 11.1 Å².